The highest BCUT2D eigenvalue weighted by molar-refractivity contribution is 5.78. The van der Waals surface area contributed by atoms with Crippen molar-refractivity contribution >= 4 is 11.8 Å². The van der Waals surface area contributed by atoms with Crippen molar-refractivity contribution in [3.8, 4) is 5.75 Å². The Morgan fingerprint density at radius 1 is 1.10 bits per heavy atom. The van der Waals surface area contributed by atoms with E-state index < -0.39 is 0 Å². The van der Waals surface area contributed by atoms with Gasteiger partial charge >= 0.3 is 0 Å². The van der Waals surface area contributed by atoms with Gasteiger partial charge in [-0.2, -0.15) is 0 Å². The molecule has 0 unspecified atom stereocenters. The largest absolute Gasteiger partial charge is 0.483 e. The minimum Gasteiger partial charge on any atom is -0.483 e. The minimum atomic E-state index is -0.194. The summed E-state index contributed by atoms with van der Waals surface area (Å²) >= 11 is 0. The van der Waals surface area contributed by atoms with E-state index in [4.69, 9.17) is 4.74 Å². The molecule has 0 aliphatic rings. The zero-order valence-electron chi connectivity index (χ0n) is 13.0. The summed E-state index contributed by atoms with van der Waals surface area (Å²) in [5.41, 5.74) is 2.17. The average molecular weight is 292 g/mol. The highest BCUT2D eigenvalue weighted by Crippen LogP contribution is 2.20. The van der Waals surface area contributed by atoms with Gasteiger partial charge in [-0.25, -0.2) is 0 Å². The van der Waals surface area contributed by atoms with Crippen molar-refractivity contribution in [2.75, 3.05) is 19.7 Å². The Hall–Kier alpha value is -2.04. The Balaban J connectivity index is 2.22. The van der Waals surface area contributed by atoms with Crippen molar-refractivity contribution in [3.05, 3.63) is 29.3 Å². The fourth-order valence-corrected chi connectivity index (χ4v) is 1.79. The maximum atomic E-state index is 11.6. The van der Waals surface area contributed by atoms with Gasteiger partial charge < -0.3 is 15.4 Å². The summed E-state index contributed by atoms with van der Waals surface area (Å²) in [6.45, 7) is 6.74. The number of hydrogen-bond donors (Lipinski definition) is 2. The van der Waals surface area contributed by atoms with Crippen LogP contribution in [-0.4, -0.2) is 31.5 Å². The van der Waals surface area contributed by atoms with Crippen LogP contribution in [0, 0.1) is 13.8 Å². The molecule has 0 fully saturated rings. The predicted octanol–water partition coefficient (Wildman–Crippen LogP) is 1.71. The van der Waals surface area contributed by atoms with Gasteiger partial charge in [0, 0.05) is 19.5 Å². The fourth-order valence-electron chi connectivity index (χ4n) is 1.79. The SMILES string of the molecule is CCCC(=O)NCCNC(=O)COc1cccc(C)c1C. The number of hydrogen-bond acceptors (Lipinski definition) is 3. The molecule has 5 nitrogen and oxygen atoms in total. The number of carbonyl (C=O) groups excluding carboxylic acids is 2. The molecular formula is C16H24N2O3. The third-order valence-electron chi connectivity index (χ3n) is 3.16. The summed E-state index contributed by atoms with van der Waals surface area (Å²) < 4.78 is 5.50. The first-order valence-electron chi connectivity index (χ1n) is 7.27. The van der Waals surface area contributed by atoms with Gasteiger partial charge in [-0.1, -0.05) is 19.1 Å². The quantitative estimate of drug-likeness (QED) is 0.717. The Morgan fingerprint density at radius 3 is 2.43 bits per heavy atom. The number of rotatable bonds is 8. The van der Waals surface area contributed by atoms with Crippen LogP contribution in [0.2, 0.25) is 0 Å². The standard InChI is InChI=1S/C16H24N2O3/c1-4-6-15(19)17-9-10-18-16(20)11-21-14-8-5-7-12(2)13(14)3/h5,7-8H,4,6,9-11H2,1-3H3,(H,17,19)(H,18,20). The molecule has 0 bridgehead atoms. The zero-order chi connectivity index (χ0) is 15.7. The summed E-state index contributed by atoms with van der Waals surface area (Å²) in [7, 11) is 0. The molecule has 0 aliphatic carbocycles. The van der Waals surface area contributed by atoms with Crippen molar-refractivity contribution in [2.45, 2.75) is 33.6 Å². The molecule has 0 saturated carbocycles. The second-order valence-corrected chi connectivity index (χ2v) is 4.94. The van der Waals surface area contributed by atoms with Crippen molar-refractivity contribution < 1.29 is 14.3 Å². The number of ether oxygens (including phenoxy) is 1. The maximum Gasteiger partial charge on any atom is 0.258 e. The Labute approximate surface area is 126 Å². The van der Waals surface area contributed by atoms with E-state index in [1.54, 1.807) is 0 Å². The Bertz CT molecular complexity index is 486. The molecule has 0 atom stereocenters. The first kappa shape index (κ1) is 17.0. The second kappa shape index (κ2) is 9.00. The lowest BCUT2D eigenvalue weighted by Gasteiger charge is -2.11. The van der Waals surface area contributed by atoms with Gasteiger partial charge in [0.25, 0.3) is 5.91 Å². The molecule has 2 N–H and O–H groups in total. The van der Waals surface area contributed by atoms with Crippen LogP contribution in [0.3, 0.4) is 0 Å². The number of amides is 2. The average Bonchev–Trinajstić information content (AvgIpc) is 2.45. The van der Waals surface area contributed by atoms with Crippen LogP contribution in [0.15, 0.2) is 18.2 Å². The normalized spacial score (nSPS) is 10.0. The summed E-state index contributed by atoms with van der Waals surface area (Å²) in [6, 6.07) is 5.75. The van der Waals surface area contributed by atoms with Gasteiger partial charge in [0.05, 0.1) is 0 Å². The molecule has 0 aliphatic heterocycles. The van der Waals surface area contributed by atoms with Gasteiger partial charge in [0.15, 0.2) is 6.61 Å². The van der Waals surface area contributed by atoms with Crippen LogP contribution in [0.5, 0.6) is 5.75 Å². The number of aryl methyl sites for hydroxylation is 1. The van der Waals surface area contributed by atoms with Crippen molar-refractivity contribution in [1.82, 2.24) is 10.6 Å². The molecule has 1 aromatic carbocycles. The molecule has 21 heavy (non-hydrogen) atoms. The summed E-state index contributed by atoms with van der Waals surface area (Å²) in [6.07, 6.45) is 1.34. The number of benzene rings is 1. The molecule has 0 saturated heterocycles. The monoisotopic (exact) mass is 292 g/mol. The van der Waals surface area contributed by atoms with E-state index >= 15 is 0 Å². The molecule has 1 aromatic rings. The van der Waals surface area contributed by atoms with Gasteiger partial charge in [-0.3, -0.25) is 9.59 Å². The maximum absolute atomic E-state index is 11.6. The lowest BCUT2D eigenvalue weighted by Crippen LogP contribution is -2.36. The topological polar surface area (TPSA) is 67.4 Å². The van der Waals surface area contributed by atoms with Crippen LogP contribution >= 0.6 is 0 Å². The van der Waals surface area contributed by atoms with Crippen LogP contribution in [0.25, 0.3) is 0 Å². The third kappa shape index (κ3) is 6.29. The second-order valence-electron chi connectivity index (χ2n) is 4.94. The molecule has 0 aromatic heterocycles. The molecule has 0 radical (unpaired) electrons. The fraction of sp³-hybridized carbons (Fsp3) is 0.500. The lowest BCUT2D eigenvalue weighted by molar-refractivity contribution is -0.124. The van der Waals surface area contributed by atoms with Gasteiger partial charge in [-0.15, -0.1) is 0 Å². The molecule has 1 rings (SSSR count). The summed E-state index contributed by atoms with van der Waals surface area (Å²) in [5, 5.41) is 5.44. The highest BCUT2D eigenvalue weighted by atomic mass is 16.5. The zero-order valence-corrected chi connectivity index (χ0v) is 13.0. The van der Waals surface area contributed by atoms with Crippen LogP contribution in [0.1, 0.15) is 30.9 Å². The Kier molecular flexibility index (Phi) is 7.29. The van der Waals surface area contributed by atoms with Crippen LogP contribution in [0.4, 0.5) is 0 Å². The molecule has 2 amide bonds. The molecule has 0 heterocycles. The third-order valence-corrected chi connectivity index (χ3v) is 3.16. The highest BCUT2D eigenvalue weighted by Gasteiger charge is 2.06. The van der Waals surface area contributed by atoms with Crippen molar-refractivity contribution in [3.63, 3.8) is 0 Å². The predicted molar refractivity (Wildman–Crippen MR) is 82.3 cm³/mol. The van der Waals surface area contributed by atoms with E-state index in [2.05, 4.69) is 10.6 Å². The first-order chi connectivity index (χ1) is 10.0. The van der Waals surface area contributed by atoms with Crippen molar-refractivity contribution in [2.24, 2.45) is 0 Å². The van der Waals surface area contributed by atoms with E-state index in [0.717, 1.165) is 23.3 Å². The summed E-state index contributed by atoms with van der Waals surface area (Å²) in [4.78, 5) is 22.9. The van der Waals surface area contributed by atoms with Gasteiger partial charge in [0.2, 0.25) is 5.91 Å². The minimum absolute atomic E-state index is 0.0124. The van der Waals surface area contributed by atoms with Gasteiger partial charge in [0.1, 0.15) is 5.75 Å². The molecule has 116 valence electrons. The molecule has 5 heteroatoms. The van der Waals surface area contributed by atoms with E-state index in [1.807, 2.05) is 39.0 Å². The van der Waals surface area contributed by atoms with Crippen LogP contribution < -0.4 is 15.4 Å². The Morgan fingerprint density at radius 2 is 1.76 bits per heavy atom. The van der Waals surface area contributed by atoms with Crippen molar-refractivity contribution in [1.29, 1.82) is 0 Å². The molecule has 0 spiro atoms. The molecular weight excluding hydrogens is 268 g/mol. The number of nitrogens with one attached hydrogen (secondary N) is 2. The van der Waals surface area contributed by atoms with E-state index in [0.29, 0.717) is 19.5 Å². The number of carbonyl (C=O) groups is 2. The van der Waals surface area contributed by atoms with Gasteiger partial charge in [-0.05, 0) is 37.5 Å². The lowest BCUT2D eigenvalue weighted by atomic mass is 10.1. The van der Waals surface area contributed by atoms with Crippen LogP contribution in [-0.2, 0) is 9.59 Å². The first-order valence-corrected chi connectivity index (χ1v) is 7.27. The van der Waals surface area contributed by atoms with E-state index in [9.17, 15) is 9.59 Å². The smallest absolute Gasteiger partial charge is 0.258 e. The van der Waals surface area contributed by atoms with E-state index in [1.165, 1.54) is 0 Å². The summed E-state index contributed by atoms with van der Waals surface area (Å²) in [5.74, 6) is 0.542. The van der Waals surface area contributed by atoms with E-state index in [-0.39, 0.29) is 18.4 Å².